The molecule has 8 heteroatoms. The van der Waals surface area contributed by atoms with E-state index in [-0.39, 0.29) is 29.6 Å². The molecule has 1 fully saturated rings. The van der Waals surface area contributed by atoms with Crippen molar-refractivity contribution in [3.63, 3.8) is 0 Å². The molecule has 2 rings (SSSR count). The van der Waals surface area contributed by atoms with Gasteiger partial charge in [0.25, 0.3) is 5.69 Å². The van der Waals surface area contributed by atoms with Crippen molar-refractivity contribution in [1.82, 2.24) is 4.31 Å². The number of non-ortho nitro benzene ring substituents is 1. The first kappa shape index (κ1) is 17.4. The zero-order chi connectivity index (χ0) is 17.2. The molecule has 1 aromatic carbocycles. The van der Waals surface area contributed by atoms with Gasteiger partial charge in [0.2, 0.25) is 10.0 Å². The average Bonchev–Trinajstić information content (AvgIpc) is 3.31. The number of sulfonamides is 1. The van der Waals surface area contributed by atoms with E-state index in [0.29, 0.717) is 11.5 Å². The van der Waals surface area contributed by atoms with Gasteiger partial charge in [-0.3, -0.25) is 10.1 Å². The van der Waals surface area contributed by atoms with Gasteiger partial charge in [-0.15, -0.1) is 0 Å². The summed E-state index contributed by atoms with van der Waals surface area (Å²) < 4.78 is 27.3. The lowest BCUT2D eigenvalue weighted by Gasteiger charge is -2.28. The fraction of sp³-hybridized carbons (Fsp3) is 0.533. The maximum Gasteiger partial charge on any atom is 0.270 e. The quantitative estimate of drug-likeness (QED) is 0.562. The Morgan fingerprint density at radius 3 is 2.65 bits per heavy atom. The molecule has 124 valence electrons. The highest BCUT2D eigenvalue weighted by molar-refractivity contribution is 7.89. The van der Waals surface area contributed by atoms with E-state index in [2.05, 4.69) is 0 Å². The van der Waals surface area contributed by atoms with Gasteiger partial charge in [0, 0.05) is 31.1 Å². The van der Waals surface area contributed by atoms with E-state index in [4.69, 9.17) is 5.26 Å². The predicted octanol–water partition coefficient (Wildman–Crippen LogP) is 2.61. The number of aryl methyl sites for hydroxylation is 1. The molecular weight excluding hydrogens is 318 g/mol. The molecule has 1 aliphatic rings. The van der Waals surface area contributed by atoms with Crippen molar-refractivity contribution in [2.24, 2.45) is 5.92 Å². The first-order valence-corrected chi connectivity index (χ1v) is 8.87. The first-order valence-electron chi connectivity index (χ1n) is 7.43. The van der Waals surface area contributed by atoms with Crippen LogP contribution >= 0.6 is 0 Å². The van der Waals surface area contributed by atoms with E-state index >= 15 is 0 Å². The molecule has 23 heavy (non-hydrogen) atoms. The van der Waals surface area contributed by atoms with Crippen molar-refractivity contribution < 1.29 is 13.3 Å². The molecule has 0 aliphatic heterocycles. The average molecular weight is 337 g/mol. The molecule has 1 aromatic rings. The minimum absolute atomic E-state index is 0.0582. The molecule has 0 amide bonds. The summed E-state index contributed by atoms with van der Waals surface area (Å²) in [7, 11) is -3.89. The third-order valence-electron chi connectivity index (χ3n) is 4.17. The molecule has 1 saturated carbocycles. The zero-order valence-corrected chi connectivity index (χ0v) is 13.9. The summed E-state index contributed by atoms with van der Waals surface area (Å²) in [6.45, 7) is 3.54. The van der Waals surface area contributed by atoms with Crippen LogP contribution in [0.1, 0.15) is 31.7 Å². The van der Waals surface area contributed by atoms with Crippen LogP contribution in [0.4, 0.5) is 5.69 Å². The van der Waals surface area contributed by atoms with Crippen molar-refractivity contribution in [3.8, 4) is 6.07 Å². The van der Waals surface area contributed by atoms with E-state index in [1.54, 1.807) is 6.92 Å². The molecule has 0 radical (unpaired) electrons. The standard InChI is InChI=1S/C15H19N3O4S/c1-11-4-7-14(18(19)20)10-15(11)23(21,22)17(9-3-8-16)12(2)13-5-6-13/h4,7,10,12-13H,3,5-6,9H2,1-2H3. The fourth-order valence-corrected chi connectivity index (χ4v) is 4.56. The molecule has 1 aliphatic carbocycles. The summed E-state index contributed by atoms with van der Waals surface area (Å²) in [5, 5.41) is 19.7. The molecule has 0 bridgehead atoms. The Morgan fingerprint density at radius 1 is 1.48 bits per heavy atom. The van der Waals surface area contributed by atoms with Gasteiger partial charge in [-0.1, -0.05) is 6.07 Å². The largest absolute Gasteiger partial charge is 0.270 e. The minimum Gasteiger partial charge on any atom is -0.258 e. The van der Waals surface area contributed by atoms with Crippen LogP contribution in [0, 0.1) is 34.3 Å². The second-order valence-corrected chi connectivity index (χ2v) is 7.67. The lowest BCUT2D eigenvalue weighted by Crippen LogP contribution is -2.40. The Labute approximate surface area is 135 Å². The molecule has 1 atom stereocenters. The number of nitro benzene ring substituents is 1. The molecule has 7 nitrogen and oxygen atoms in total. The molecule has 1 unspecified atom stereocenters. The number of benzene rings is 1. The van der Waals surface area contributed by atoms with E-state index in [9.17, 15) is 18.5 Å². The summed E-state index contributed by atoms with van der Waals surface area (Å²) >= 11 is 0. The highest BCUT2D eigenvalue weighted by atomic mass is 32.2. The molecular formula is C15H19N3O4S. The Balaban J connectivity index is 2.46. The van der Waals surface area contributed by atoms with Crippen molar-refractivity contribution >= 4 is 15.7 Å². The van der Waals surface area contributed by atoms with E-state index in [0.717, 1.165) is 18.9 Å². The highest BCUT2D eigenvalue weighted by Gasteiger charge is 2.38. The molecule has 0 N–H and O–H groups in total. The van der Waals surface area contributed by atoms with Crippen LogP contribution in [-0.2, 0) is 10.0 Å². The summed E-state index contributed by atoms with van der Waals surface area (Å²) in [4.78, 5) is 10.3. The van der Waals surface area contributed by atoms with Crippen LogP contribution in [-0.4, -0.2) is 30.2 Å². The number of hydrogen-bond donors (Lipinski definition) is 0. The van der Waals surface area contributed by atoms with Crippen LogP contribution in [0.25, 0.3) is 0 Å². The number of rotatable bonds is 7. The zero-order valence-electron chi connectivity index (χ0n) is 13.1. The number of hydrogen-bond acceptors (Lipinski definition) is 5. The number of nitro groups is 1. The van der Waals surface area contributed by atoms with Gasteiger partial charge in [-0.2, -0.15) is 9.57 Å². The van der Waals surface area contributed by atoms with Crippen LogP contribution in [0.3, 0.4) is 0 Å². The molecule has 0 heterocycles. The van der Waals surface area contributed by atoms with Crippen molar-refractivity contribution in [2.75, 3.05) is 6.54 Å². The topological polar surface area (TPSA) is 104 Å². The first-order chi connectivity index (χ1) is 10.8. The molecule has 0 spiro atoms. The van der Waals surface area contributed by atoms with Crippen LogP contribution in [0.5, 0.6) is 0 Å². The fourth-order valence-electron chi connectivity index (χ4n) is 2.62. The maximum absolute atomic E-state index is 13.0. The lowest BCUT2D eigenvalue weighted by molar-refractivity contribution is -0.385. The number of nitrogens with zero attached hydrogens (tertiary/aromatic N) is 3. The Kier molecular flexibility index (Phi) is 5.02. The van der Waals surface area contributed by atoms with E-state index < -0.39 is 14.9 Å². The smallest absolute Gasteiger partial charge is 0.258 e. The van der Waals surface area contributed by atoms with E-state index in [1.807, 2.05) is 13.0 Å². The Bertz CT molecular complexity index is 750. The van der Waals surface area contributed by atoms with Crippen LogP contribution in [0.15, 0.2) is 23.1 Å². The van der Waals surface area contributed by atoms with Gasteiger partial charge in [-0.05, 0) is 38.2 Å². The van der Waals surface area contributed by atoms with Crippen molar-refractivity contribution in [3.05, 3.63) is 33.9 Å². The summed E-state index contributed by atoms with van der Waals surface area (Å²) in [5.74, 6) is 0.294. The maximum atomic E-state index is 13.0. The minimum atomic E-state index is -3.89. The SMILES string of the molecule is Cc1ccc([N+](=O)[O-])cc1S(=O)(=O)N(CCC#N)C(C)C1CC1. The summed E-state index contributed by atoms with van der Waals surface area (Å²) in [5.41, 5.74) is 0.203. The normalized spacial score (nSPS) is 16.1. The summed E-state index contributed by atoms with van der Waals surface area (Å²) in [6.07, 6.45) is 2.02. The van der Waals surface area contributed by atoms with Gasteiger partial charge < -0.3 is 0 Å². The predicted molar refractivity (Wildman–Crippen MR) is 84.1 cm³/mol. The van der Waals surface area contributed by atoms with E-state index in [1.165, 1.54) is 16.4 Å². The molecule has 0 aromatic heterocycles. The van der Waals surface area contributed by atoms with Gasteiger partial charge in [0.15, 0.2) is 0 Å². The lowest BCUT2D eigenvalue weighted by atomic mass is 10.2. The van der Waals surface area contributed by atoms with Crippen LogP contribution in [0.2, 0.25) is 0 Å². The van der Waals surface area contributed by atoms with Crippen LogP contribution < -0.4 is 0 Å². The van der Waals surface area contributed by atoms with Crippen molar-refractivity contribution in [2.45, 2.75) is 44.0 Å². The van der Waals surface area contributed by atoms with Gasteiger partial charge in [0.1, 0.15) is 0 Å². The second kappa shape index (κ2) is 6.64. The van der Waals surface area contributed by atoms with Gasteiger partial charge in [-0.25, -0.2) is 8.42 Å². The second-order valence-electron chi connectivity index (χ2n) is 5.81. The third kappa shape index (κ3) is 3.68. The van der Waals surface area contributed by atoms with Gasteiger partial charge in [0.05, 0.1) is 15.9 Å². The highest BCUT2D eigenvalue weighted by Crippen LogP contribution is 2.37. The Morgan fingerprint density at radius 2 is 2.13 bits per heavy atom. The summed E-state index contributed by atoms with van der Waals surface area (Å²) in [6, 6.07) is 5.58. The van der Waals surface area contributed by atoms with Gasteiger partial charge >= 0.3 is 0 Å². The third-order valence-corrected chi connectivity index (χ3v) is 6.30. The van der Waals surface area contributed by atoms with Crippen molar-refractivity contribution in [1.29, 1.82) is 5.26 Å². The monoisotopic (exact) mass is 337 g/mol. The Hall–Kier alpha value is -1.98. The number of nitriles is 1. The molecule has 0 saturated heterocycles.